The van der Waals surface area contributed by atoms with Crippen molar-refractivity contribution in [2.24, 2.45) is 19.1 Å². The van der Waals surface area contributed by atoms with Crippen LogP contribution >= 0.6 is 34.5 Å². The van der Waals surface area contributed by atoms with Gasteiger partial charge in [-0.25, -0.2) is 4.79 Å². The zero-order valence-corrected chi connectivity index (χ0v) is 18.8. The molecule has 3 rings (SSSR count). The lowest BCUT2D eigenvalue weighted by molar-refractivity contribution is -0.116. The SMILES string of the molecule is Cn1c(N)c(NCC(=O)/N=c2\scc(-c3ccc(Cl)c(Cl)c3)n2CO)c(=O)n(C)c1=O. The van der Waals surface area contributed by atoms with Crippen LogP contribution in [0.15, 0.2) is 38.2 Å². The van der Waals surface area contributed by atoms with Crippen LogP contribution in [0.25, 0.3) is 11.3 Å². The number of nitrogens with one attached hydrogen (secondary N) is 1. The average Bonchev–Trinajstić information content (AvgIpc) is 3.15. The Bertz CT molecular complexity index is 1350. The molecule has 0 aliphatic rings. The molecule has 2 aromatic heterocycles. The minimum atomic E-state index is -0.656. The number of benzene rings is 1. The molecule has 0 atom stereocenters. The van der Waals surface area contributed by atoms with Crippen LogP contribution in [0.2, 0.25) is 10.0 Å². The van der Waals surface area contributed by atoms with Gasteiger partial charge >= 0.3 is 5.69 Å². The summed E-state index contributed by atoms with van der Waals surface area (Å²) >= 11 is 13.2. The summed E-state index contributed by atoms with van der Waals surface area (Å²) in [5.41, 5.74) is 5.79. The summed E-state index contributed by atoms with van der Waals surface area (Å²) in [4.78, 5) is 40.7. The Morgan fingerprint density at radius 2 is 1.94 bits per heavy atom. The Morgan fingerprint density at radius 3 is 2.58 bits per heavy atom. The highest BCUT2D eigenvalue weighted by molar-refractivity contribution is 7.07. The molecule has 10 nitrogen and oxygen atoms in total. The van der Waals surface area contributed by atoms with Gasteiger partial charge in [-0.3, -0.25) is 23.3 Å². The second-order valence-electron chi connectivity index (χ2n) is 6.43. The first kappa shape index (κ1) is 22.8. The molecule has 13 heteroatoms. The van der Waals surface area contributed by atoms with Crippen LogP contribution in [0, 0.1) is 0 Å². The van der Waals surface area contributed by atoms with Crippen molar-refractivity contribution < 1.29 is 9.90 Å². The van der Waals surface area contributed by atoms with Crippen molar-refractivity contribution in [3.8, 4) is 11.3 Å². The number of amides is 1. The van der Waals surface area contributed by atoms with Crippen LogP contribution in [0.3, 0.4) is 0 Å². The predicted molar refractivity (Wildman–Crippen MR) is 120 cm³/mol. The second-order valence-corrected chi connectivity index (χ2v) is 8.08. The summed E-state index contributed by atoms with van der Waals surface area (Å²) in [7, 11) is 2.72. The highest BCUT2D eigenvalue weighted by atomic mass is 35.5. The first-order valence-electron chi connectivity index (χ1n) is 8.77. The molecular weight excluding hydrogens is 467 g/mol. The number of anilines is 2. The van der Waals surface area contributed by atoms with Crippen LogP contribution in [-0.4, -0.2) is 31.3 Å². The second kappa shape index (κ2) is 9.10. The van der Waals surface area contributed by atoms with Gasteiger partial charge in [0.25, 0.3) is 11.5 Å². The standard InChI is InChI=1S/C18H18Cl2N6O4S/c1-24-15(21)14(16(29)25(2)18(24)30)22-6-13(28)23-17-26(8-27)12(7-31-17)9-3-4-10(19)11(20)5-9/h3-5,7,22,27H,6,8,21H2,1-2H3/b23-17-. The van der Waals surface area contributed by atoms with E-state index in [9.17, 15) is 19.5 Å². The smallest absolute Gasteiger partial charge is 0.332 e. The molecule has 0 spiro atoms. The van der Waals surface area contributed by atoms with E-state index in [1.54, 1.807) is 23.6 Å². The van der Waals surface area contributed by atoms with Gasteiger partial charge in [0.1, 0.15) is 18.2 Å². The van der Waals surface area contributed by atoms with Crippen LogP contribution in [0.4, 0.5) is 11.5 Å². The van der Waals surface area contributed by atoms with Gasteiger partial charge in [-0.15, -0.1) is 11.3 Å². The van der Waals surface area contributed by atoms with Gasteiger partial charge < -0.3 is 16.2 Å². The van der Waals surface area contributed by atoms with Crippen molar-refractivity contribution in [2.45, 2.75) is 6.73 Å². The fourth-order valence-corrected chi connectivity index (χ4v) is 3.99. The van der Waals surface area contributed by atoms with E-state index < -0.39 is 23.9 Å². The first-order chi connectivity index (χ1) is 14.6. The largest absolute Gasteiger partial charge is 0.383 e. The molecule has 31 heavy (non-hydrogen) atoms. The topological polar surface area (TPSA) is 137 Å². The predicted octanol–water partition coefficient (Wildman–Crippen LogP) is 0.992. The molecule has 0 aliphatic carbocycles. The third kappa shape index (κ3) is 4.44. The number of aliphatic hydroxyl groups is 1. The van der Waals surface area contributed by atoms with Crippen molar-refractivity contribution in [2.75, 3.05) is 17.6 Å². The van der Waals surface area contributed by atoms with E-state index in [2.05, 4.69) is 10.3 Å². The number of nitrogens with zero attached hydrogens (tertiary/aromatic N) is 4. The minimum Gasteiger partial charge on any atom is -0.383 e. The van der Waals surface area contributed by atoms with Crippen LogP contribution < -0.4 is 27.1 Å². The van der Waals surface area contributed by atoms with Gasteiger partial charge in [0, 0.05) is 25.0 Å². The number of carbonyl (C=O) groups is 1. The fraction of sp³-hybridized carbons (Fsp3) is 0.222. The molecule has 2 heterocycles. The zero-order valence-electron chi connectivity index (χ0n) is 16.4. The molecule has 0 saturated carbocycles. The average molecular weight is 485 g/mol. The van der Waals surface area contributed by atoms with E-state index in [4.69, 9.17) is 28.9 Å². The van der Waals surface area contributed by atoms with Crippen molar-refractivity contribution in [3.63, 3.8) is 0 Å². The lowest BCUT2D eigenvalue weighted by atomic mass is 10.2. The number of carbonyl (C=O) groups excluding carboxylic acids is 1. The quantitative estimate of drug-likeness (QED) is 0.493. The molecule has 4 N–H and O–H groups in total. The van der Waals surface area contributed by atoms with E-state index in [0.29, 0.717) is 21.3 Å². The molecule has 0 aliphatic heterocycles. The van der Waals surface area contributed by atoms with E-state index in [0.717, 1.165) is 20.5 Å². The van der Waals surface area contributed by atoms with Gasteiger partial charge in [0.05, 0.1) is 22.3 Å². The lowest BCUT2D eigenvalue weighted by Crippen LogP contribution is -2.40. The number of nitrogens with two attached hydrogens (primary N) is 1. The third-order valence-corrected chi connectivity index (χ3v) is 6.10. The Hall–Kier alpha value is -2.86. The molecule has 1 aromatic carbocycles. The summed E-state index contributed by atoms with van der Waals surface area (Å²) in [5.74, 6) is -0.704. The highest BCUT2D eigenvalue weighted by Gasteiger charge is 2.14. The number of aromatic nitrogens is 3. The highest BCUT2D eigenvalue weighted by Crippen LogP contribution is 2.28. The number of aliphatic hydroxyl groups excluding tert-OH is 1. The number of hydrogen-bond donors (Lipinski definition) is 3. The summed E-state index contributed by atoms with van der Waals surface area (Å²) in [6.07, 6.45) is 0. The van der Waals surface area contributed by atoms with E-state index >= 15 is 0 Å². The van der Waals surface area contributed by atoms with E-state index in [1.807, 2.05) is 0 Å². The number of hydrogen-bond acceptors (Lipinski definition) is 7. The van der Waals surface area contributed by atoms with Crippen molar-refractivity contribution in [1.29, 1.82) is 0 Å². The van der Waals surface area contributed by atoms with Crippen molar-refractivity contribution in [1.82, 2.24) is 13.7 Å². The first-order valence-corrected chi connectivity index (χ1v) is 10.4. The van der Waals surface area contributed by atoms with Crippen LogP contribution in [-0.2, 0) is 25.6 Å². The lowest BCUT2D eigenvalue weighted by Gasteiger charge is -2.12. The Labute approximate surface area is 189 Å². The van der Waals surface area contributed by atoms with Crippen molar-refractivity contribution in [3.05, 3.63) is 59.3 Å². The maximum atomic E-state index is 12.4. The maximum Gasteiger partial charge on any atom is 0.332 e. The summed E-state index contributed by atoms with van der Waals surface area (Å²) < 4.78 is 3.40. The van der Waals surface area contributed by atoms with E-state index in [1.165, 1.54) is 18.7 Å². The molecule has 0 radical (unpaired) electrons. The van der Waals surface area contributed by atoms with Gasteiger partial charge in [-0.05, 0) is 12.1 Å². The molecule has 0 unspecified atom stereocenters. The molecule has 0 saturated heterocycles. The number of nitrogen functional groups attached to an aromatic ring is 1. The van der Waals surface area contributed by atoms with Gasteiger partial charge in [-0.2, -0.15) is 4.99 Å². The molecule has 3 aromatic rings. The van der Waals surface area contributed by atoms with Gasteiger partial charge in [0.2, 0.25) is 0 Å². The van der Waals surface area contributed by atoms with Crippen LogP contribution in [0.1, 0.15) is 0 Å². The molecule has 0 bridgehead atoms. The molecule has 0 fully saturated rings. The summed E-state index contributed by atoms with van der Waals surface area (Å²) in [6.45, 7) is -0.768. The Balaban J connectivity index is 1.89. The van der Waals surface area contributed by atoms with Crippen molar-refractivity contribution >= 4 is 52.0 Å². The summed E-state index contributed by atoms with van der Waals surface area (Å²) in [5, 5.41) is 14.9. The van der Waals surface area contributed by atoms with E-state index in [-0.39, 0.29) is 22.9 Å². The van der Waals surface area contributed by atoms with Gasteiger partial charge in [0.15, 0.2) is 4.80 Å². The third-order valence-electron chi connectivity index (χ3n) is 4.50. The maximum absolute atomic E-state index is 12.4. The molecule has 1 amide bonds. The number of halogens is 2. The zero-order chi connectivity index (χ0) is 22.9. The fourth-order valence-electron chi connectivity index (χ4n) is 2.78. The molecular formula is C18H18Cl2N6O4S. The monoisotopic (exact) mass is 484 g/mol. The minimum absolute atomic E-state index is 0.0779. The Morgan fingerprint density at radius 1 is 1.23 bits per heavy atom. The normalized spacial score (nSPS) is 11.7. The Kier molecular flexibility index (Phi) is 6.70. The van der Waals surface area contributed by atoms with Gasteiger partial charge in [-0.1, -0.05) is 29.3 Å². The number of rotatable bonds is 5. The summed E-state index contributed by atoms with van der Waals surface area (Å²) in [6, 6.07) is 5.00. The number of thiazole rings is 1. The van der Waals surface area contributed by atoms with Crippen LogP contribution in [0.5, 0.6) is 0 Å². The molecule has 164 valence electrons.